The van der Waals surface area contributed by atoms with Gasteiger partial charge in [0, 0.05) is 5.56 Å². The fourth-order valence-electron chi connectivity index (χ4n) is 2.82. The molecule has 0 spiro atoms. The molecule has 2 aromatic rings. The van der Waals surface area contributed by atoms with Gasteiger partial charge >= 0.3 is 5.97 Å². The highest BCUT2D eigenvalue weighted by Crippen LogP contribution is 2.33. The molecule has 0 fully saturated rings. The lowest BCUT2D eigenvalue weighted by molar-refractivity contribution is 0.0519. The summed E-state index contributed by atoms with van der Waals surface area (Å²) < 4.78 is 4.96. The van der Waals surface area contributed by atoms with E-state index < -0.39 is 5.97 Å². The molecule has 1 aliphatic heterocycles. The number of pyridine rings is 1. The first-order valence-corrected chi connectivity index (χ1v) is 7.64. The maximum Gasteiger partial charge on any atom is 0.356 e. The van der Waals surface area contributed by atoms with Crippen molar-refractivity contribution in [2.45, 2.75) is 26.4 Å². The number of benzene rings is 1. The van der Waals surface area contributed by atoms with Gasteiger partial charge in [-0.3, -0.25) is 4.79 Å². The predicted octanol–water partition coefficient (Wildman–Crippen LogP) is 2.98. The Morgan fingerprint density at radius 1 is 1.22 bits per heavy atom. The van der Waals surface area contributed by atoms with Crippen molar-refractivity contribution >= 4 is 11.9 Å². The molecule has 1 aromatic carbocycles. The molecular weight excluding hydrogens is 292 g/mol. The molecule has 5 nitrogen and oxygen atoms in total. The van der Waals surface area contributed by atoms with E-state index >= 15 is 0 Å². The van der Waals surface area contributed by atoms with Crippen molar-refractivity contribution in [3.8, 4) is 0 Å². The van der Waals surface area contributed by atoms with Crippen LogP contribution in [0.1, 0.15) is 52.0 Å². The zero-order valence-corrected chi connectivity index (χ0v) is 13.2. The number of fused-ring (bicyclic) bond motifs is 1. The second-order valence-corrected chi connectivity index (χ2v) is 5.43. The Labute approximate surface area is 134 Å². The van der Waals surface area contributed by atoms with Crippen molar-refractivity contribution < 1.29 is 14.3 Å². The third-order valence-corrected chi connectivity index (χ3v) is 3.99. The summed E-state index contributed by atoms with van der Waals surface area (Å²) >= 11 is 0. The monoisotopic (exact) mass is 310 g/mol. The summed E-state index contributed by atoms with van der Waals surface area (Å²) in [6.07, 6.45) is 0. The molecule has 1 unspecified atom stereocenters. The number of ether oxygens (including phenoxy) is 1. The van der Waals surface area contributed by atoms with Crippen molar-refractivity contribution in [1.29, 1.82) is 0 Å². The van der Waals surface area contributed by atoms with Crippen molar-refractivity contribution in [1.82, 2.24) is 9.88 Å². The molecule has 118 valence electrons. The van der Waals surface area contributed by atoms with Crippen LogP contribution in [-0.4, -0.2) is 28.4 Å². The summed E-state index contributed by atoms with van der Waals surface area (Å²) in [4.78, 5) is 30.4. The lowest BCUT2D eigenvalue weighted by Gasteiger charge is -2.21. The SMILES string of the molecule is CCOC(=O)c1cccc(CN2C(=O)c3ccccc3C2C)n1. The second kappa shape index (κ2) is 6.20. The summed E-state index contributed by atoms with van der Waals surface area (Å²) in [5, 5.41) is 0. The number of rotatable bonds is 4. The third kappa shape index (κ3) is 2.82. The molecule has 23 heavy (non-hydrogen) atoms. The lowest BCUT2D eigenvalue weighted by Crippen LogP contribution is -2.26. The van der Waals surface area contributed by atoms with Crippen LogP contribution in [0.5, 0.6) is 0 Å². The van der Waals surface area contributed by atoms with Crippen molar-refractivity contribution in [2.24, 2.45) is 0 Å². The van der Waals surface area contributed by atoms with Gasteiger partial charge in [0.2, 0.25) is 0 Å². The number of aromatic nitrogens is 1. The summed E-state index contributed by atoms with van der Waals surface area (Å²) in [6, 6.07) is 12.8. The minimum Gasteiger partial charge on any atom is -0.461 e. The Bertz CT molecular complexity index is 757. The first-order valence-electron chi connectivity index (χ1n) is 7.64. The third-order valence-electron chi connectivity index (χ3n) is 3.99. The number of hydrogen-bond donors (Lipinski definition) is 0. The minimum absolute atomic E-state index is 0.00330. The van der Waals surface area contributed by atoms with E-state index in [0.717, 1.165) is 11.1 Å². The summed E-state index contributed by atoms with van der Waals surface area (Å²) in [7, 11) is 0. The maximum absolute atomic E-state index is 12.5. The minimum atomic E-state index is -0.446. The lowest BCUT2D eigenvalue weighted by atomic mass is 10.1. The fraction of sp³-hybridized carbons (Fsp3) is 0.278. The van der Waals surface area contributed by atoms with E-state index in [0.29, 0.717) is 18.8 Å². The number of nitrogens with zero attached hydrogens (tertiary/aromatic N) is 2. The highest BCUT2D eigenvalue weighted by Gasteiger charge is 2.33. The van der Waals surface area contributed by atoms with Gasteiger partial charge < -0.3 is 9.64 Å². The first kappa shape index (κ1) is 15.2. The molecule has 0 bridgehead atoms. The Hall–Kier alpha value is -2.69. The predicted molar refractivity (Wildman–Crippen MR) is 84.9 cm³/mol. The Morgan fingerprint density at radius 3 is 2.74 bits per heavy atom. The van der Waals surface area contributed by atoms with E-state index in [4.69, 9.17) is 4.74 Å². The van der Waals surface area contributed by atoms with E-state index in [9.17, 15) is 9.59 Å². The topological polar surface area (TPSA) is 59.5 Å². The molecule has 5 heteroatoms. The first-order chi connectivity index (χ1) is 11.1. The molecular formula is C18H18N2O3. The molecule has 0 saturated heterocycles. The molecule has 3 rings (SSSR count). The number of amides is 1. The number of hydrogen-bond acceptors (Lipinski definition) is 4. The standard InChI is InChI=1S/C18H18N2O3/c1-3-23-18(22)16-10-6-7-13(19-16)11-20-12(2)14-8-4-5-9-15(14)17(20)21/h4-10,12H,3,11H2,1-2H3. The van der Waals surface area contributed by atoms with Crippen LogP contribution < -0.4 is 0 Å². The van der Waals surface area contributed by atoms with Crippen molar-refractivity contribution in [3.05, 3.63) is 65.0 Å². The fourth-order valence-corrected chi connectivity index (χ4v) is 2.82. The van der Waals surface area contributed by atoms with Crippen LogP contribution in [0.3, 0.4) is 0 Å². The van der Waals surface area contributed by atoms with Crippen LogP contribution in [0.25, 0.3) is 0 Å². The van der Waals surface area contributed by atoms with E-state index in [1.54, 1.807) is 24.0 Å². The summed E-state index contributed by atoms with van der Waals surface area (Å²) in [6.45, 7) is 4.42. The zero-order valence-electron chi connectivity index (χ0n) is 13.2. The van der Waals surface area contributed by atoms with E-state index in [-0.39, 0.29) is 17.6 Å². The van der Waals surface area contributed by atoms with Crippen LogP contribution in [0, 0.1) is 0 Å². The van der Waals surface area contributed by atoms with Crippen LogP contribution in [0.2, 0.25) is 0 Å². The average Bonchev–Trinajstić information content (AvgIpc) is 2.81. The van der Waals surface area contributed by atoms with Gasteiger partial charge in [0.25, 0.3) is 5.91 Å². The van der Waals surface area contributed by atoms with Gasteiger partial charge in [-0.25, -0.2) is 9.78 Å². The molecule has 1 amide bonds. The molecule has 0 saturated carbocycles. The van der Waals surface area contributed by atoms with Crippen LogP contribution >= 0.6 is 0 Å². The summed E-state index contributed by atoms with van der Waals surface area (Å²) in [5.41, 5.74) is 2.70. The van der Waals surface area contributed by atoms with Crippen molar-refractivity contribution in [2.75, 3.05) is 6.61 Å². The van der Waals surface area contributed by atoms with E-state index in [1.807, 2.05) is 37.3 Å². The van der Waals surface area contributed by atoms with Gasteiger partial charge in [-0.1, -0.05) is 24.3 Å². The van der Waals surface area contributed by atoms with Gasteiger partial charge in [0.1, 0.15) is 5.69 Å². The molecule has 1 atom stereocenters. The zero-order chi connectivity index (χ0) is 16.4. The highest BCUT2D eigenvalue weighted by molar-refractivity contribution is 5.99. The molecule has 1 aromatic heterocycles. The summed E-state index contributed by atoms with van der Waals surface area (Å²) in [5.74, 6) is -0.449. The number of esters is 1. The van der Waals surface area contributed by atoms with E-state index in [1.165, 1.54) is 0 Å². The second-order valence-electron chi connectivity index (χ2n) is 5.43. The largest absolute Gasteiger partial charge is 0.461 e. The molecule has 2 heterocycles. The molecule has 0 N–H and O–H groups in total. The Balaban J connectivity index is 1.82. The molecule has 0 aliphatic carbocycles. The van der Waals surface area contributed by atoms with Gasteiger partial charge in [0.05, 0.1) is 24.9 Å². The quantitative estimate of drug-likeness (QED) is 0.815. The van der Waals surface area contributed by atoms with Crippen LogP contribution in [-0.2, 0) is 11.3 Å². The van der Waals surface area contributed by atoms with Gasteiger partial charge in [-0.15, -0.1) is 0 Å². The smallest absolute Gasteiger partial charge is 0.356 e. The number of carbonyl (C=O) groups excluding carboxylic acids is 2. The molecule has 0 radical (unpaired) electrons. The van der Waals surface area contributed by atoms with Crippen molar-refractivity contribution in [3.63, 3.8) is 0 Å². The average molecular weight is 310 g/mol. The normalized spacial score (nSPS) is 16.3. The van der Waals surface area contributed by atoms with Gasteiger partial charge in [0.15, 0.2) is 0 Å². The van der Waals surface area contributed by atoms with E-state index in [2.05, 4.69) is 4.98 Å². The Kier molecular flexibility index (Phi) is 4.10. The van der Waals surface area contributed by atoms with Crippen LogP contribution in [0.15, 0.2) is 42.5 Å². The molecule has 1 aliphatic rings. The number of carbonyl (C=O) groups is 2. The highest BCUT2D eigenvalue weighted by atomic mass is 16.5. The Morgan fingerprint density at radius 2 is 2.00 bits per heavy atom. The maximum atomic E-state index is 12.5. The van der Waals surface area contributed by atoms with Crippen LogP contribution in [0.4, 0.5) is 0 Å². The van der Waals surface area contributed by atoms with Gasteiger partial charge in [-0.2, -0.15) is 0 Å². The van der Waals surface area contributed by atoms with Gasteiger partial charge in [-0.05, 0) is 37.6 Å².